The van der Waals surface area contributed by atoms with Crippen LogP contribution in [-0.4, -0.2) is 85.9 Å². The number of aromatic nitrogens is 2. The largest absolute Gasteiger partial charge is 0.490 e. The van der Waals surface area contributed by atoms with Crippen LogP contribution in [0.2, 0.25) is 0 Å². The predicted molar refractivity (Wildman–Crippen MR) is 115 cm³/mol. The van der Waals surface area contributed by atoms with E-state index in [2.05, 4.69) is 16.0 Å². The van der Waals surface area contributed by atoms with Gasteiger partial charge in [0.2, 0.25) is 0 Å². The lowest BCUT2D eigenvalue weighted by atomic mass is 10.0. The Balaban J connectivity index is 0.000000286. The molecule has 4 rings (SSSR count). The number of alkyl halides is 6. The van der Waals surface area contributed by atoms with Crippen LogP contribution < -0.4 is 0 Å². The van der Waals surface area contributed by atoms with Crippen LogP contribution >= 0.6 is 0 Å². The van der Waals surface area contributed by atoms with Crippen molar-refractivity contribution in [1.82, 2.24) is 19.4 Å². The van der Waals surface area contributed by atoms with Gasteiger partial charge in [0.05, 0.1) is 5.69 Å². The lowest BCUT2D eigenvalue weighted by Gasteiger charge is -2.21. The van der Waals surface area contributed by atoms with Gasteiger partial charge in [0.15, 0.2) is 0 Å². The number of carboxylic acids is 2. The fourth-order valence-electron chi connectivity index (χ4n) is 3.95. The average Bonchev–Trinajstić information content (AvgIpc) is 3.48. The van der Waals surface area contributed by atoms with Crippen molar-refractivity contribution in [3.63, 3.8) is 0 Å². The zero-order valence-corrected chi connectivity index (χ0v) is 19.4. The van der Waals surface area contributed by atoms with Crippen molar-refractivity contribution in [2.45, 2.75) is 18.9 Å². The summed E-state index contributed by atoms with van der Waals surface area (Å²) >= 11 is 0. The summed E-state index contributed by atoms with van der Waals surface area (Å²) in [5, 5.41) is 14.2. The quantitative estimate of drug-likeness (QED) is 0.578. The first-order valence-corrected chi connectivity index (χ1v) is 10.7. The highest BCUT2D eigenvalue weighted by Gasteiger charge is 2.42. The minimum absolute atomic E-state index is 0.170. The highest BCUT2D eigenvalue weighted by molar-refractivity contribution is 5.93. The molecule has 0 aliphatic carbocycles. The lowest BCUT2D eigenvalue weighted by molar-refractivity contribution is -0.193. The number of carbonyl (C=O) groups is 3. The molecule has 2 aromatic rings. The van der Waals surface area contributed by atoms with Crippen molar-refractivity contribution in [3.05, 3.63) is 54.1 Å². The van der Waals surface area contributed by atoms with Crippen molar-refractivity contribution in [2.24, 2.45) is 18.9 Å². The normalized spacial score (nSPS) is 19.3. The molecule has 2 aliphatic heterocycles. The molecule has 2 N–H and O–H groups in total. The maximum atomic E-state index is 12.6. The second-order valence-corrected chi connectivity index (χ2v) is 8.36. The fourth-order valence-corrected chi connectivity index (χ4v) is 3.95. The van der Waals surface area contributed by atoms with Crippen LogP contribution in [0.5, 0.6) is 0 Å². The first-order valence-electron chi connectivity index (χ1n) is 10.7. The van der Waals surface area contributed by atoms with Gasteiger partial charge in [0.25, 0.3) is 5.91 Å². The number of halogens is 6. The molecule has 2 saturated heterocycles. The number of pyridine rings is 1. The smallest absolute Gasteiger partial charge is 0.475 e. The van der Waals surface area contributed by atoms with Crippen LogP contribution in [0, 0.1) is 11.8 Å². The van der Waals surface area contributed by atoms with Gasteiger partial charge in [-0.15, -0.1) is 0 Å². The molecule has 15 heteroatoms. The Hall–Kier alpha value is -3.62. The molecular weight excluding hydrogens is 514 g/mol. The summed E-state index contributed by atoms with van der Waals surface area (Å²) < 4.78 is 65.4. The molecule has 2 unspecified atom stereocenters. The number of carboxylic acid groups (broad SMARTS) is 2. The number of hydrogen-bond acceptors (Lipinski definition) is 5. The number of amides is 1. The maximum absolute atomic E-state index is 12.6. The molecule has 0 radical (unpaired) electrons. The van der Waals surface area contributed by atoms with Gasteiger partial charge < -0.3 is 19.7 Å². The summed E-state index contributed by atoms with van der Waals surface area (Å²) in [7, 11) is 1.93. The first-order chi connectivity index (χ1) is 17.1. The van der Waals surface area contributed by atoms with Gasteiger partial charge in [-0.25, -0.2) is 9.59 Å². The van der Waals surface area contributed by atoms with Crippen LogP contribution in [0.25, 0.3) is 0 Å². The standard InChI is InChI=1S/C18H22N4O.2C2HF3O2/c1-20-8-4-6-17(20)18(23)22-11-14-9-21(10-15(14)12-22)13-16-5-2-3-7-19-16;2*3-2(4,5)1(6)7/h2-8,14-15H,9-13H2,1H3;2*(H,6,7). The van der Waals surface area contributed by atoms with E-state index < -0.39 is 24.3 Å². The molecule has 0 spiro atoms. The number of carbonyl (C=O) groups excluding carboxylic acids is 1. The Bertz CT molecular complexity index is 1040. The molecule has 2 fully saturated rings. The van der Waals surface area contributed by atoms with Crippen molar-refractivity contribution < 1.29 is 50.9 Å². The van der Waals surface area contributed by atoms with Gasteiger partial charge in [0, 0.05) is 52.2 Å². The molecular formula is C22H24F6N4O5. The predicted octanol–water partition coefficient (Wildman–Crippen LogP) is 2.89. The Morgan fingerprint density at radius 2 is 1.41 bits per heavy atom. The third kappa shape index (κ3) is 8.77. The number of likely N-dealkylation sites (tertiary alicyclic amines) is 2. The van der Waals surface area contributed by atoms with Crippen LogP contribution in [0.15, 0.2) is 42.7 Å². The fraction of sp³-hybridized carbons (Fsp3) is 0.455. The van der Waals surface area contributed by atoms with Gasteiger partial charge in [-0.3, -0.25) is 14.7 Å². The van der Waals surface area contributed by atoms with Crippen molar-refractivity contribution in [3.8, 4) is 0 Å². The van der Waals surface area contributed by atoms with Crippen LogP contribution in [0.3, 0.4) is 0 Å². The topological polar surface area (TPSA) is 116 Å². The van der Waals surface area contributed by atoms with E-state index in [9.17, 15) is 31.1 Å². The lowest BCUT2D eigenvalue weighted by Crippen LogP contribution is -2.34. The van der Waals surface area contributed by atoms with E-state index in [1.165, 1.54) is 0 Å². The number of fused-ring (bicyclic) bond motifs is 1. The van der Waals surface area contributed by atoms with E-state index in [0.717, 1.165) is 44.1 Å². The van der Waals surface area contributed by atoms with Gasteiger partial charge in [-0.2, -0.15) is 26.3 Å². The van der Waals surface area contributed by atoms with Gasteiger partial charge in [0.1, 0.15) is 5.69 Å². The van der Waals surface area contributed by atoms with Gasteiger partial charge in [-0.05, 0) is 36.1 Å². The molecule has 2 aliphatic rings. The zero-order valence-electron chi connectivity index (χ0n) is 19.4. The molecule has 0 bridgehead atoms. The second-order valence-electron chi connectivity index (χ2n) is 8.36. The summed E-state index contributed by atoms with van der Waals surface area (Å²) in [6.07, 6.45) is -6.38. The third-order valence-electron chi connectivity index (χ3n) is 5.61. The van der Waals surface area contributed by atoms with Crippen LogP contribution in [0.4, 0.5) is 26.3 Å². The summed E-state index contributed by atoms with van der Waals surface area (Å²) in [6, 6.07) is 9.91. The molecule has 1 amide bonds. The summed E-state index contributed by atoms with van der Waals surface area (Å²) in [5.41, 5.74) is 1.92. The summed E-state index contributed by atoms with van der Waals surface area (Å²) in [4.78, 5) is 39.3. The van der Waals surface area contributed by atoms with E-state index >= 15 is 0 Å². The number of nitrogens with zero attached hydrogens (tertiary/aromatic N) is 4. The molecule has 0 aromatic carbocycles. The number of hydrogen-bond donors (Lipinski definition) is 2. The Kier molecular flexibility index (Phi) is 9.67. The van der Waals surface area contributed by atoms with E-state index in [1.54, 1.807) is 0 Å². The minimum Gasteiger partial charge on any atom is -0.475 e. The van der Waals surface area contributed by atoms with Crippen LogP contribution in [0.1, 0.15) is 16.2 Å². The highest BCUT2D eigenvalue weighted by Crippen LogP contribution is 2.32. The van der Waals surface area contributed by atoms with Crippen molar-refractivity contribution in [2.75, 3.05) is 26.2 Å². The van der Waals surface area contributed by atoms with Crippen LogP contribution in [-0.2, 0) is 23.2 Å². The zero-order chi connectivity index (χ0) is 28.0. The van der Waals surface area contributed by atoms with E-state index in [4.69, 9.17) is 19.8 Å². The maximum Gasteiger partial charge on any atom is 0.490 e. The van der Waals surface area contributed by atoms with E-state index in [1.807, 2.05) is 53.2 Å². The first kappa shape index (κ1) is 29.6. The Labute approximate surface area is 206 Å². The Morgan fingerprint density at radius 1 is 0.892 bits per heavy atom. The van der Waals surface area contributed by atoms with Crippen molar-refractivity contribution >= 4 is 17.8 Å². The highest BCUT2D eigenvalue weighted by atomic mass is 19.4. The molecule has 0 saturated carbocycles. The van der Waals surface area contributed by atoms with Gasteiger partial charge in [-0.1, -0.05) is 6.07 Å². The van der Waals surface area contributed by atoms with Crippen molar-refractivity contribution in [1.29, 1.82) is 0 Å². The summed E-state index contributed by atoms with van der Waals surface area (Å²) in [6.45, 7) is 4.82. The van der Waals surface area contributed by atoms with E-state index in [0.29, 0.717) is 11.8 Å². The summed E-state index contributed by atoms with van der Waals surface area (Å²) in [5.74, 6) is -4.14. The average molecular weight is 538 g/mol. The second kappa shape index (κ2) is 12.1. The molecule has 2 aromatic heterocycles. The number of rotatable bonds is 3. The molecule has 2 atom stereocenters. The Morgan fingerprint density at radius 3 is 1.78 bits per heavy atom. The number of aryl methyl sites for hydroxylation is 1. The minimum atomic E-state index is -5.08. The monoisotopic (exact) mass is 538 g/mol. The SMILES string of the molecule is Cn1cccc1C(=O)N1CC2CN(Cc3ccccn3)CC2C1.O=C(O)C(F)(F)F.O=C(O)C(F)(F)F. The molecule has 9 nitrogen and oxygen atoms in total. The number of aliphatic carboxylic acids is 2. The molecule has 37 heavy (non-hydrogen) atoms. The van der Waals surface area contributed by atoms with E-state index in [-0.39, 0.29) is 5.91 Å². The third-order valence-corrected chi connectivity index (χ3v) is 5.61. The van der Waals surface area contributed by atoms with Gasteiger partial charge >= 0.3 is 24.3 Å². The molecule has 4 heterocycles. The molecule has 204 valence electrons.